The Morgan fingerprint density at radius 3 is 3.15 bits per heavy atom. The largest absolute Gasteiger partial charge is 0.409 e. The summed E-state index contributed by atoms with van der Waals surface area (Å²) < 4.78 is 0. The Balaban J connectivity index is 2.75. The first-order chi connectivity index (χ1) is 6.33. The lowest BCUT2D eigenvalue weighted by molar-refractivity contribution is 0.318. The van der Waals surface area contributed by atoms with Crippen molar-refractivity contribution in [1.82, 2.24) is 10.2 Å². The van der Waals surface area contributed by atoms with Crippen molar-refractivity contribution in [2.45, 2.75) is 0 Å². The second-order valence-electron chi connectivity index (χ2n) is 2.62. The van der Waals surface area contributed by atoms with E-state index in [-0.39, 0.29) is 5.84 Å². The number of fused-ring (bicyclic) bond motifs is 1. The number of aromatic nitrogens is 2. The number of nitrogens with zero attached hydrogens (tertiary/aromatic N) is 2. The molecule has 2 aromatic rings. The zero-order chi connectivity index (χ0) is 9.26. The average molecular weight is 176 g/mol. The third-order valence-electron chi connectivity index (χ3n) is 1.87. The van der Waals surface area contributed by atoms with E-state index >= 15 is 0 Å². The lowest BCUT2D eigenvalue weighted by atomic mass is 10.1. The molecule has 5 nitrogen and oxygen atoms in total. The molecule has 5 heteroatoms. The van der Waals surface area contributed by atoms with Gasteiger partial charge in [0.25, 0.3) is 0 Å². The fourth-order valence-corrected chi connectivity index (χ4v) is 1.25. The molecule has 0 saturated heterocycles. The first kappa shape index (κ1) is 7.60. The Bertz CT molecular complexity index is 460. The van der Waals surface area contributed by atoms with E-state index in [1.165, 1.54) is 0 Å². The van der Waals surface area contributed by atoms with E-state index in [1.54, 1.807) is 12.3 Å². The standard InChI is InChI=1S/C8H8N4O/c9-8(12-13)5-2-1-3-7-6(5)4-10-11-7/h1-4,13H,(H2,9,12)(H,10,11). The Morgan fingerprint density at radius 1 is 1.54 bits per heavy atom. The van der Waals surface area contributed by atoms with Gasteiger partial charge in [-0.2, -0.15) is 5.10 Å². The second kappa shape index (κ2) is 2.78. The summed E-state index contributed by atoms with van der Waals surface area (Å²) in [7, 11) is 0. The smallest absolute Gasteiger partial charge is 0.170 e. The average Bonchev–Trinajstić information content (AvgIpc) is 2.63. The zero-order valence-corrected chi connectivity index (χ0v) is 6.73. The number of nitrogens with one attached hydrogen (secondary N) is 1. The maximum absolute atomic E-state index is 8.52. The van der Waals surface area contributed by atoms with Gasteiger partial charge in [0.05, 0.1) is 11.7 Å². The molecule has 0 radical (unpaired) electrons. The van der Waals surface area contributed by atoms with Gasteiger partial charge in [-0.15, -0.1) is 0 Å². The lowest BCUT2D eigenvalue weighted by Crippen LogP contribution is -2.13. The summed E-state index contributed by atoms with van der Waals surface area (Å²) in [6, 6.07) is 5.46. The Kier molecular flexibility index (Phi) is 1.63. The van der Waals surface area contributed by atoms with Crippen LogP contribution in [0.4, 0.5) is 0 Å². The normalized spacial score (nSPS) is 12.2. The van der Waals surface area contributed by atoms with Crippen LogP contribution in [0.25, 0.3) is 10.9 Å². The highest BCUT2D eigenvalue weighted by Crippen LogP contribution is 2.15. The zero-order valence-electron chi connectivity index (χ0n) is 6.73. The molecule has 0 spiro atoms. The van der Waals surface area contributed by atoms with Gasteiger partial charge in [0, 0.05) is 10.9 Å². The van der Waals surface area contributed by atoms with Crippen LogP contribution in [0.1, 0.15) is 5.56 Å². The number of benzene rings is 1. The van der Waals surface area contributed by atoms with Crippen LogP contribution in [0.5, 0.6) is 0 Å². The molecule has 0 aliphatic carbocycles. The van der Waals surface area contributed by atoms with E-state index in [9.17, 15) is 0 Å². The van der Waals surface area contributed by atoms with Crippen LogP contribution >= 0.6 is 0 Å². The minimum absolute atomic E-state index is 0.0898. The molecular weight excluding hydrogens is 168 g/mol. The van der Waals surface area contributed by atoms with E-state index in [0.717, 1.165) is 10.9 Å². The van der Waals surface area contributed by atoms with Crippen LogP contribution in [0.2, 0.25) is 0 Å². The molecule has 0 fully saturated rings. The highest BCUT2D eigenvalue weighted by Gasteiger charge is 2.05. The monoisotopic (exact) mass is 176 g/mol. The molecule has 13 heavy (non-hydrogen) atoms. The van der Waals surface area contributed by atoms with Gasteiger partial charge in [0.2, 0.25) is 0 Å². The maximum Gasteiger partial charge on any atom is 0.170 e. The van der Waals surface area contributed by atoms with Crippen LogP contribution in [0, 0.1) is 0 Å². The van der Waals surface area contributed by atoms with Gasteiger partial charge in [-0.1, -0.05) is 17.3 Å². The van der Waals surface area contributed by atoms with E-state index in [2.05, 4.69) is 15.4 Å². The highest BCUT2D eigenvalue weighted by atomic mass is 16.4. The van der Waals surface area contributed by atoms with Gasteiger partial charge < -0.3 is 10.9 Å². The Morgan fingerprint density at radius 2 is 2.38 bits per heavy atom. The predicted octanol–water partition coefficient (Wildman–Crippen LogP) is 0.657. The van der Waals surface area contributed by atoms with Crippen molar-refractivity contribution in [1.29, 1.82) is 0 Å². The third kappa shape index (κ3) is 1.10. The summed E-state index contributed by atoms with van der Waals surface area (Å²) >= 11 is 0. The SMILES string of the molecule is N/C(=N/O)c1cccc2[nH]ncc12. The molecule has 1 heterocycles. The van der Waals surface area contributed by atoms with E-state index in [0.29, 0.717) is 5.56 Å². The van der Waals surface area contributed by atoms with Gasteiger partial charge in [-0.25, -0.2) is 0 Å². The number of nitrogens with two attached hydrogens (primary N) is 1. The molecule has 4 N–H and O–H groups in total. The summed E-state index contributed by atoms with van der Waals surface area (Å²) in [4.78, 5) is 0. The lowest BCUT2D eigenvalue weighted by Gasteiger charge is -1.98. The van der Waals surface area contributed by atoms with E-state index in [4.69, 9.17) is 10.9 Å². The highest BCUT2D eigenvalue weighted by molar-refractivity contribution is 6.07. The molecule has 0 aliphatic rings. The van der Waals surface area contributed by atoms with Gasteiger partial charge in [0.15, 0.2) is 5.84 Å². The van der Waals surface area contributed by atoms with Crippen LogP contribution < -0.4 is 5.73 Å². The van der Waals surface area contributed by atoms with Gasteiger partial charge in [0.1, 0.15) is 0 Å². The van der Waals surface area contributed by atoms with Crippen molar-refractivity contribution in [2.75, 3.05) is 0 Å². The van der Waals surface area contributed by atoms with Crippen LogP contribution in [-0.4, -0.2) is 21.2 Å². The summed E-state index contributed by atoms with van der Waals surface area (Å²) in [6.45, 7) is 0. The number of hydrogen-bond acceptors (Lipinski definition) is 3. The summed E-state index contributed by atoms with van der Waals surface area (Å²) in [5.74, 6) is 0.0898. The molecule has 0 aliphatic heterocycles. The summed E-state index contributed by atoms with van der Waals surface area (Å²) in [5.41, 5.74) is 7.02. The van der Waals surface area contributed by atoms with Crippen molar-refractivity contribution in [2.24, 2.45) is 10.9 Å². The fraction of sp³-hybridized carbons (Fsp3) is 0. The Labute approximate surface area is 73.9 Å². The first-order valence-electron chi connectivity index (χ1n) is 3.73. The van der Waals surface area contributed by atoms with Crippen molar-refractivity contribution in [3.05, 3.63) is 30.0 Å². The van der Waals surface area contributed by atoms with E-state index < -0.39 is 0 Å². The van der Waals surface area contributed by atoms with Gasteiger partial charge in [-0.3, -0.25) is 5.10 Å². The predicted molar refractivity (Wildman–Crippen MR) is 48.6 cm³/mol. The van der Waals surface area contributed by atoms with Gasteiger partial charge in [-0.05, 0) is 6.07 Å². The fourth-order valence-electron chi connectivity index (χ4n) is 1.25. The van der Waals surface area contributed by atoms with Crippen molar-refractivity contribution >= 4 is 16.7 Å². The van der Waals surface area contributed by atoms with Crippen LogP contribution in [0.3, 0.4) is 0 Å². The summed E-state index contributed by atoms with van der Waals surface area (Å²) in [6.07, 6.45) is 1.64. The number of hydrogen-bond donors (Lipinski definition) is 3. The van der Waals surface area contributed by atoms with Gasteiger partial charge >= 0.3 is 0 Å². The quantitative estimate of drug-likeness (QED) is 0.258. The number of amidine groups is 1. The van der Waals surface area contributed by atoms with Crippen molar-refractivity contribution in [3.63, 3.8) is 0 Å². The molecule has 0 unspecified atom stereocenters. The van der Waals surface area contributed by atoms with Crippen molar-refractivity contribution in [3.8, 4) is 0 Å². The first-order valence-corrected chi connectivity index (χ1v) is 3.73. The second-order valence-corrected chi connectivity index (χ2v) is 2.62. The molecule has 0 bridgehead atoms. The molecule has 0 amide bonds. The molecule has 0 atom stereocenters. The molecular formula is C8H8N4O. The maximum atomic E-state index is 8.52. The molecule has 2 rings (SSSR count). The minimum Gasteiger partial charge on any atom is -0.409 e. The number of aromatic amines is 1. The molecule has 1 aromatic carbocycles. The number of rotatable bonds is 1. The van der Waals surface area contributed by atoms with E-state index in [1.807, 2.05) is 12.1 Å². The number of oxime groups is 1. The van der Waals surface area contributed by atoms with Crippen molar-refractivity contribution < 1.29 is 5.21 Å². The summed E-state index contributed by atoms with van der Waals surface area (Å²) in [5, 5.41) is 19.0. The number of H-pyrrole nitrogens is 1. The minimum atomic E-state index is 0.0898. The topological polar surface area (TPSA) is 87.3 Å². The van der Waals surface area contributed by atoms with Crippen LogP contribution in [0.15, 0.2) is 29.6 Å². The molecule has 66 valence electrons. The third-order valence-corrected chi connectivity index (χ3v) is 1.87. The Hall–Kier alpha value is -2.04. The van der Waals surface area contributed by atoms with Crippen LogP contribution in [-0.2, 0) is 0 Å². The molecule has 0 saturated carbocycles. The molecule has 1 aromatic heterocycles.